The fraction of sp³-hybridized carbons (Fsp3) is 0.500. The second-order valence-electron chi connectivity index (χ2n) is 13.2. The lowest BCUT2D eigenvalue weighted by molar-refractivity contribution is -0.128. The number of aryl methyl sites for hydroxylation is 2. The van der Waals surface area contributed by atoms with Crippen LogP contribution < -0.4 is 0 Å². The molecule has 5 rings (SSSR count). The molecular formula is C38H50O4S2. The molecule has 3 aromatic rings. The number of fused-ring (bicyclic) bond motifs is 2. The van der Waals surface area contributed by atoms with E-state index in [0.717, 1.165) is 6.42 Å². The molecule has 0 heterocycles. The van der Waals surface area contributed by atoms with Crippen LogP contribution in [0.4, 0.5) is 0 Å². The van der Waals surface area contributed by atoms with Gasteiger partial charge in [0.25, 0.3) is 0 Å². The van der Waals surface area contributed by atoms with E-state index in [-0.39, 0.29) is 28.0 Å². The van der Waals surface area contributed by atoms with Crippen LogP contribution >= 0.6 is 0 Å². The van der Waals surface area contributed by atoms with Crippen LogP contribution in [0.1, 0.15) is 96.6 Å². The van der Waals surface area contributed by atoms with Crippen LogP contribution in [0.2, 0.25) is 0 Å². The molecule has 0 amide bonds. The van der Waals surface area contributed by atoms with E-state index < -0.39 is 21.3 Å². The van der Waals surface area contributed by atoms with Crippen LogP contribution in [0.25, 0.3) is 0 Å². The first-order valence-electron chi connectivity index (χ1n) is 16.4. The molecule has 2 aliphatic rings. The maximum atomic E-state index is 11.8. The first-order valence-corrected chi connectivity index (χ1v) is 19.2. The summed E-state index contributed by atoms with van der Waals surface area (Å²) in [5, 5.41) is 0. The lowest BCUT2D eigenvalue weighted by Crippen LogP contribution is -2.42. The molecule has 0 radical (unpaired) electrons. The molecule has 44 heavy (non-hydrogen) atoms. The number of unbranched alkanes of at least 4 members (excludes halogenated alkanes) is 4. The van der Waals surface area contributed by atoms with Gasteiger partial charge in [-0.15, -0.1) is 0 Å². The van der Waals surface area contributed by atoms with Crippen molar-refractivity contribution in [3.63, 3.8) is 0 Å². The van der Waals surface area contributed by atoms with Crippen molar-refractivity contribution < 1.29 is 17.8 Å². The van der Waals surface area contributed by atoms with E-state index >= 15 is 0 Å². The minimum Gasteiger partial charge on any atom is -0.748 e. The van der Waals surface area contributed by atoms with Crippen LogP contribution in [-0.4, -0.2) is 24.5 Å². The summed E-state index contributed by atoms with van der Waals surface area (Å²) in [4.78, 5) is 16.1. The predicted octanol–water partition coefficient (Wildman–Crippen LogP) is 9.17. The van der Waals surface area contributed by atoms with Gasteiger partial charge in [-0.05, 0) is 97.4 Å². The molecule has 238 valence electrons. The molecule has 0 saturated heterocycles. The highest BCUT2D eigenvalue weighted by atomic mass is 32.2. The Morgan fingerprint density at radius 2 is 1.23 bits per heavy atom. The third-order valence-corrected chi connectivity index (χ3v) is 13.1. The normalized spacial score (nSPS) is 20.5. The van der Waals surface area contributed by atoms with Gasteiger partial charge >= 0.3 is 0 Å². The average Bonchev–Trinajstić information content (AvgIpc) is 3.34. The average molecular weight is 635 g/mol. The first-order chi connectivity index (χ1) is 21.0. The monoisotopic (exact) mass is 634 g/mol. The van der Waals surface area contributed by atoms with Crippen LogP contribution in [0, 0.1) is 16.7 Å². The Labute approximate surface area is 269 Å². The number of benzene rings is 3. The van der Waals surface area contributed by atoms with Crippen molar-refractivity contribution in [2.75, 3.05) is 5.75 Å². The fourth-order valence-electron chi connectivity index (χ4n) is 7.12. The Morgan fingerprint density at radius 1 is 0.750 bits per heavy atom. The Balaban J connectivity index is 0.000000246. The van der Waals surface area contributed by atoms with E-state index in [2.05, 4.69) is 92.7 Å². The third-order valence-electron chi connectivity index (χ3n) is 10.00. The topological polar surface area (TPSA) is 74.3 Å². The number of hydrogen-bond acceptors (Lipinski definition) is 4. The van der Waals surface area contributed by atoms with Gasteiger partial charge in [0.15, 0.2) is 14.7 Å². The largest absolute Gasteiger partial charge is 0.748 e. The van der Waals surface area contributed by atoms with Crippen LogP contribution in [0.5, 0.6) is 0 Å². The van der Waals surface area contributed by atoms with Crippen LogP contribution in [0.3, 0.4) is 0 Å². The lowest BCUT2D eigenvalue weighted by Gasteiger charge is -2.37. The molecule has 2 unspecified atom stereocenters. The van der Waals surface area contributed by atoms with E-state index in [1.807, 2.05) is 13.8 Å². The van der Waals surface area contributed by atoms with Crippen molar-refractivity contribution in [1.82, 2.24) is 0 Å². The fourth-order valence-corrected chi connectivity index (χ4v) is 10.5. The van der Waals surface area contributed by atoms with Gasteiger partial charge in [0.2, 0.25) is 0 Å². The number of carbonyl (C=O) groups excluding carboxylic acids is 1. The zero-order valence-corrected chi connectivity index (χ0v) is 28.7. The molecule has 4 nitrogen and oxygen atoms in total. The van der Waals surface area contributed by atoms with Crippen LogP contribution in [-0.2, 0) is 38.6 Å². The molecule has 0 aromatic heterocycles. The molecule has 3 aromatic carbocycles. The van der Waals surface area contributed by atoms with Crippen molar-refractivity contribution in [3.8, 4) is 0 Å². The van der Waals surface area contributed by atoms with Gasteiger partial charge in [-0.1, -0.05) is 95.8 Å². The Kier molecular flexibility index (Phi) is 11.9. The minimum atomic E-state index is -4.33. The minimum absolute atomic E-state index is 0.0248. The summed E-state index contributed by atoms with van der Waals surface area (Å²) in [7, 11) is -4.37. The summed E-state index contributed by atoms with van der Waals surface area (Å²) >= 11 is 0. The van der Waals surface area contributed by atoms with Crippen LogP contribution in [0.15, 0.2) is 93.5 Å². The van der Waals surface area contributed by atoms with Gasteiger partial charge in [0.1, 0.15) is 5.78 Å². The lowest BCUT2D eigenvalue weighted by atomic mass is 9.70. The number of Topliss-reactive ketones (excluding diaryl/α,β-unsaturated/α-hetero) is 1. The Bertz CT molecular complexity index is 1390. The summed E-state index contributed by atoms with van der Waals surface area (Å²) in [5.74, 6) is -0.280. The summed E-state index contributed by atoms with van der Waals surface area (Å²) in [6.07, 6.45) is 12.1. The molecule has 2 aliphatic carbocycles. The summed E-state index contributed by atoms with van der Waals surface area (Å²) in [5.41, 5.74) is 1.70. The molecule has 0 aliphatic heterocycles. The van der Waals surface area contributed by atoms with Gasteiger partial charge in [0.05, 0.1) is 26.8 Å². The summed E-state index contributed by atoms with van der Waals surface area (Å²) in [6.45, 7) is 8.37. The second-order valence-corrected chi connectivity index (χ2v) is 16.6. The quantitative estimate of drug-likeness (QED) is 0.107. The Hall–Kier alpha value is -2.41. The first kappa shape index (κ1) is 34.5. The molecular weight excluding hydrogens is 585 g/mol. The standard InChI is InChI=1S/C28H35S.C10H16O4S/c1-3-5-8-12-24-16-20-27(21-17-24)29(26-14-10-7-11-15-26)28-22-18-25(19-23-28)13-9-6-4-2;1-9(2)7-3-4-10(9,8(11)5-7)6-15(12,13)14/h7,10-11,14-23H,3-6,8-9,12-13H2,1-2H3;7H,3-6H2,1-2H3,(H,12,13,14)/q+1;/p-1. The molecule has 0 spiro atoms. The molecule has 6 heteroatoms. The number of carbonyl (C=O) groups is 1. The summed E-state index contributed by atoms with van der Waals surface area (Å²) in [6, 6.07) is 29.7. The molecule has 2 saturated carbocycles. The van der Waals surface area contributed by atoms with E-state index in [4.69, 9.17) is 0 Å². The van der Waals surface area contributed by atoms with Gasteiger partial charge in [-0.25, -0.2) is 8.42 Å². The van der Waals surface area contributed by atoms with Crippen molar-refractivity contribution in [1.29, 1.82) is 0 Å². The highest BCUT2D eigenvalue weighted by molar-refractivity contribution is 7.97. The highest BCUT2D eigenvalue weighted by Gasteiger charge is 2.64. The van der Waals surface area contributed by atoms with Crippen molar-refractivity contribution in [3.05, 3.63) is 90.0 Å². The number of ketones is 1. The molecule has 2 bridgehead atoms. The highest BCUT2D eigenvalue weighted by Crippen LogP contribution is 2.64. The Morgan fingerprint density at radius 3 is 1.61 bits per heavy atom. The second kappa shape index (κ2) is 15.2. The molecule has 2 atom stereocenters. The van der Waals surface area contributed by atoms with E-state index in [9.17, 15) is 17.8 Å². The maximum Gasteiger partial charge on any atom is 0.166 e. The van der Waals surface area contributed by atoms with Crippen molar-refractivity contribution >= 4 is 26.8 Å². The van der Waals surface area contributed by atoms with Crippen molar-refractivity contribution in [2.24, 2.45) is 16.7 Å². The number of rotatable bonds is 13. The van der Waals surface area contributed by atoms with Crippen molar-refractivity contribution in [2.45, 2.75) is 113 Å². The maximum absolute atomic E-state index is 11.8. The van der Waals surface area contributed by atoms with E-state index in [0.29, 0.717) is 12.8 Å². The van der Waals surface area contributed by atoms with Gasteiger partial charge in [0, 0.05) is 11.8 Å². The van der Waals surface area contributed by atoms with E-state index in [1.54, 1.807) is 0 Å². The SMILES string of the molecule is CC1(C)C2CCC1(CS(=O)(=O)[O-])C(=O)C2.CCCCCc1ccc([S+](c2ccccc2)c2ccc(CCCCC)cc2)cc1. The third kappa shape index (κ3) is 8.24. The van der Waals surface area contributed by atoms with Gasteiger partial charge in [-0.3, -0.25) is 4.79 Å². The zero-order valence-electron chi connectivity index (χ0n) is 27.0. The zero-order chi connectivity index (χ0) is 31.8. The van der Waals surface area contributed by atoms with E-state index in [1.165, 1.54) is 77.2 Å². The molecule has 2 fully saturated rings. The molecule has 0 N–H and O–H groups in total. The summed E-state index contributed by atoms with van der Waals surface area (Å²) < 4.78 is 32.7. The number of hydrogen-bond donors (Lipinski definition) is 0. The smallest absolute Gasteiger partial charge is 0.166 e. The predicted molar refractivity (Wildman–Crippen MR) is 181 cm³/mol. The van der Waals surface area contributed by atoms with Gasteiger partial charge < -0.3 is 4.55 Å². The van der Waals surface area contributed by atoms with Gasteiger partial charge in [-0.2, -0.15) is 0 Å².